The Hall–Kier alpha value is -1.44. The molecule has 0 aliphatic heterocycles. The summed E-state index contributed by atoms with van der Waals surface area (Å²) in [6.07, 6.45) is 40.9. The Morgan fingerprint density at radius 1 is 0.479 bits per heavy atom. The Labute approximate surface area is 296 Å². The number of unbranched alkanes of at least 4 members (excludes halogenated alkanes) is 25. The number of hydrogen-bond donors (Lipinski definition) is 4. The molecular formula is C41H80O7. The molecule has 7 heteroatoms. The Bertz CT molecular complexity index is 682. The molecule has 0 bridgehead atoms. The summed E-state index contributed by atoms with van der Waals surface area (Å²) in [5, 5.41) is 36.1. The highest BCUT2D eigenvalue weighted by Crippen LogP contribution is 2.17. The lowest BCUT2D eigenvalue weighted by atomic mass is 9.93. The number of rotatable bonds is 36. The number of carboxylic acids is 1. The fraction of sp³-hybridized carbons (Fsp3) is 0.902. The van der Waals surface area contributed by atoms with Gasteiger partial charge in [0.25, 0.3) is 0 Å². The Morgan fingerprint density at radius 2 is 0.792 bits per heavy atom. The van der Waals surface area contributed by atoms with Crippen LogP contribution in [0.4, 0.5) is 0 Å². The molecule has 7 nitrogen and oxygen atoms in total. The molecule has 0 aromatic carbocycles. The molecule has 0 aromatic rings. The van der Waals surface area contributed by atoms with Crippen LogP contribution in [0.15, 0.2) is 12.2 Å². The van der Waals surface area contributed by atoms with Crippen LogP contribution in [0.1, 0.15) is 206 Å². The summed E-state index contributed by atoms with van der Waals surface area (Å²) in [4.78, 5) is 22.0. The molecule has 4 N–H and O–H groups in total. The van der Waals surface area contributed by atoms with E-state index in [1.54, 1.807) is 0 Å². The van der Waals surface area contributed by atoms with Gasteiger partial charge in [-0.15, -0.1) is 0 Å². The second-order valence-corrected chi connectivity index (χ2v) is 14.1. The van der Waals surface area contributed by atoms with Crippen molar-refractivity contribution in [3.05, 3.63) is 12.2 Å². The van der Waals surface area contributed by atoms with Crippen LogP contribution in [0, 0.1) is 5.41 Å². The molecular weight excluding hydrogens is 604 g/mol. The minimum absolute atomic E-state index is 0.152. The third-order valence-electron chi connectivity index (χ3n) is 9.18. The summed E-state index contributed by atoms with van der Waals surface area (Å²) >= 11 is 0. The van der Waals surface area contributed by atoms with E-state index in [0.717, 1.165) is 38.5 Å². The van der Waals surface area contributed by atoms with E-state index in [1.807, 2.05) is 0 Å². The maximum atomic E-state index is 11.7. The van der Waals surface area contributed by atoms with Crippen molar-refractivity contribution in [1.82, 2.24) is 0 Å². The quantitative estimate of drug-likeness (QED) is 0.0294. The number of carbonyl (C=O) groups is 2. The lowest BCUT2D eigenvalue weighted by Gasteiger charge is -2.26. The SMILES string of the molecule is CCCCCCCCC=CCCCCCCCC(=O)OCC(CO)(CO)CO.CCCCCCCCCCCCCCCCCC(=O)O. The number of aliphatic carboxylic acids is 1. The average molecular weight is 685 g/mol. The van der Waals surface area contributed by atoms with Crippen molar-refractivity contribution in [3.63, 3.8) is 0 Å². The Kier molecular flexibility index (Phi) is 40.6. The molecule has 0 aliphatic carbocycles. The first kappa shape index (κ1) is 48.7. The molecule has 286 valence electrons. The number of esters is 1. The van der Waals surface area contributed by atoms with E-state index in [4.69, 9.17) is 9.84 Å². The molecule has 0 saturated heterocycles. The van der Waals surface area contributed by atoms with Gasteiger partial charge in [0.05, 0.1) is 25.2 Å². The van der Waals surface area contributed by atoms with Gasteiger partial charge in [0.15, 0.2) is 0 Å². The second kappa shape index (κ2) is 40.0. The average Bonchev–Trinajstić information content (AvgIpc) is 3.09. The van der Waals surface area contributed by atoms with Crippen molar-refractivity contribution in [1.29, 1.82) is 0 Å². The number of carboxylic acid groups (broad SMARTS) is 1. The van der Waals surface area contributed by atoms with Gasteiger partial charge in [0, 0.05) is 12.8 Å². The molecule has 0 spiro atoms. The largest absolute Gasteiger partial charge is 0.481 e. The Balaban J connectivity index is 0. The number of hydrogen-bond acceptors (Lipinski definition) is 6. The minimum Gasteiger partial charge on any atom is -0.481 e. The number of carbonyl (C=O) groups excluding carboxylic acids is 1. The standard InChI is InChI=1S/C23H44O5.C18H36O2/c1-2-3-4-5-6-7-8-9-10-11-12-13-14-15-16-17-22(27)28-21-23(18-24,19-25)20-26;1-2-3-4-5-6-7-8-9-10-11-12-13-14-15-16-17-18(19)20/h9-10,24-26H,2-8,11-21H2,1H3;2-17H2,1H3,(H,19,20). The van der Waals surface area contributed by atoms with Crippen molar-refractivity contribution in [3.8, 4) is 0 Å². The molecule has 0 aliphatic rings. The topological polar surface area (TPSA) is 124 Å². The van der Waals surface area contributed by atoms with Gasteiger partial charge in [-0.3, -0.25) is 9.59 Å². The maximum absolute atomic E-state index is 11.7. The Morgan fingerprint density at radius 3 is 1.12 bits per heavy atom. The van der Waals surface area contributed by atoms with Gasteiger partial charge < -0.3 is 25.2 Å². The van der Waals surface area contributed by atoms with Crippen molar-refractivity contribution < 1.29 is 34.8 Å². The van der Waals surface area contributed by atoms with Crippen LogP contribution < -0.4 is 0 Å². The van der Waals surface area contributed by atoms with Crippen molar-refractivity contribution in [2.75, 3.05) is 26.4 Å². The molecule has 0 aromatic heterocycles. The van der Waals surface area contributed by atoms with E-state index < -0.39 is 31.2 Å². The highest BCUT2D eigenvalue weighted by Gasteiger charge is 2.30. The summed E-state index contributed by atoms with van der Waals surface area (Å²) in [6.45, 7) is 3.12. The van der Waals surface area contributed by atoms with Crippen LogP contribution in [-0.2, 0) is 14.3 Å². The van der Waals surface area contributed by atoms with Crippen molar-refractivity contribution in [2.24, 2.45) is 5.41 Å². The highest BCUT2D eigenvalue weighted by atomic mass is 16.5. The second-order valence-electron chi connectivity index (χ2n) is 14.1. The van der Waals surface area contributed by atoms with Gasteiger partial charge in [-0.05, 0) is 38.5 Å². The third kappa shape index (κ3) is 37.4. The molecule has 0 fully saturated rings. The smallest absolute Gasteiger partial charge is 0.305 e. The molecule has 0 atom stereocenters. The zero-order valence-corrected chi connectivity index (χ0v) is 31.7. The summed E-state index contributed by atoms with van der Waals surface area (Å²) in [5.41, 5.74) is -1.14. The first-order valence-corrected chi connectivity index (χ1v) is 20.3. The molecule has 48 heavy (non-hydrogen) atoms. The molecule has 0 radical (unpaired) electrons. The number of ether oxygens (including phenoxy) is 1. The predicted molar refractivity (Wildman–Crippen MR) is 201 cm³/mol. The maximum Gasteiger partial charge on any atom is 0.305 e. The van der Waals surface area contributed by atoms with E-state index in [2.05, 4.69) is 26.0 Å². The van der Waals surface area contributed by atoms with Crippen LogP contribution >= 0.6 is 0 Å². The fourth-order valence-electron chi connectivity index (χ4n) is 5.58. The van der Waals surface area contributed by atoms with Crippen molar-refractivity contribution in [2.45, 2.75) is 206 Å². The summed E-state index contributed by atoms with van der Waals surface area (Å²) in [5.74, 6) is -0.989. The predicted octanol–water partition coefficient (Wildman–Crippen LogP) is 10.9. The lowest BCUT2D eigenvalue weighted by molar-refractivity contribution is -0.151. The summed E-state index contributed by atoms with van der Waals surface area (Å²) in [7, 11) is 0. The molecule has 0 rings (SSSR count). The van der Waals surface area contributed by atoms with Gasteiger partial charge in [-0.25, -0.2) is 0 Å². The fourth-order valence-corrected chi connectivity index (χ4v) is 5.58. The van der Waals surface area contributed by atoms with E-state index in [9.17, 15) is 24.9 Å². The van der Waals surface area contributed by atoms with Crippen molar-refractivity contribution >= 4 is 11.9 Å². The van der Waals surface area contributed by atoms with Gasteiger partial charge in [-0.1, -0.05) is 167 Å². The highest BCUT2D eigenvalue weighted by molar-refractivity contribution is 5.69. The zero-order valence-electron chi connectivity index (χ0n) is 31.7. The normalized spacial score (nSPS) is 11.5. The van der Waals surface area contributed by atoms with E-state index in [-0.39, 0.29) is 12.6 Å². The summed E-state index contributed by atoms with van der Waals surface area (Å²) < 4.78 is 5.07. The van der Waals surface area contributed by atoms with Crippen LogP contribution in [0.25, 0.3) is 0 Å². The molecule has 0 saturated carbocycles. The van der Waals surface area contributed by atoms with Crippen LogP contribution in [-0.4, -0.2) is 58.8 Å². The van der Waals surface area contributed by atoms with Gasteiger partial charge in [-0.2, -0.15) is 0 Å². The van der Waals surface area contributed by atoms with Crippen LogP contribution in [0.5, 0.6) is 0 Å². The van der Waals surface area contributed by atoms with Gasteiger partial charge >= 0.3 is 11.9 Å². The number of allylic oxidation sites excluding steroid dienone is 2. The zero-order chi connectivity index (χ0) is 35.8. The third-order valence-corrected chi connectivity index (χ3v) is 9.18. The molecule has 0 unspecified atom stereocenters. The van der Waals surface area contributed by atoms with E-state index in [0.29, 0.717) is 12.8 Å². The number of aliphatic hydroxyl groups excluding tert-OH is 3. The van der Waals surface area contributed by atoms with E-state index in [1.165, 1.54) is 141 Å². The number of aliphatic hydroxyl groups is 3. The first-order valence-electron chi connectivity index (χ1n) is 20.3. The summed E-state index contributed by atoms with van der Waals surface area (Å²) in [6, 6.07) is 0. The molecule has 0 amide bonds. The van der Waals surface area contributed by atoms with Crippen LogP contribution in [0.3, 0.4) is 0 Å². The first-order chi connectivity index (χ1) is 23.4. The monoisotopic (exact) mass is 685 g/mol. The van der Waals surface area contributed by atoms with Crippen LogP contribution in [0.2, 0.25) is 0 Å². The van der Waals surface area contributed by atoms with Gasteiger partial charge in [0.2, 0.25) is 0 Å². The van der Waals surface area contributed by atoms with Gasteiger partial charge in [0.1, 0.15) is 6.61 Å². The lowest BCUT2D eigenvalue weighted by Crippen LogP contribution is -2.39. The molecule has 0 heterocycles. The van der Waals surface area contributed by atoms with E-state index >= 15 is 0 Å². The minimum atomic E-state index is -1.14.